The first-order valence-electron chi connectivity index (χ1n) is 4.23. The summed E-state index contributed by atoms with van der Waals surface area (Å²) in [6.07, 6.45) is 0.330. The molecule has 0 spiro atoms. The summed E-state index contributed by atoms with van der Waals surface area (Å²) < 4.78 is 55.7. The molecule has 0 atom stereocenters. The molecule has 0 aliphatic heterocycles. The van der Waals surface area contributed by atoms with Crippen molar-refractivity contribution in [2.75, 3.05) is 13.2 Å². The fraction of sp³-hybridized carbons (Fsp3) is 0.333. The van der Waals surface area contributed by atoms with Crippen molar-refractivity contribution in [3.8, 4) is 5.75 Å². The van der Waals surface area contributed by atoms with Crippen LogP contribution in [0.15, 0.2) is 6.07 Å². The minimum Gasteiger partial charge on any atom is -0.487 e. The van der Waals surface area contributed by atoms with Crippen LogP contribution in [-0.2, 0) is 0 Å². The topological polar surface area (TPSA) is 35.2 Å². The summed E-state index contributed by atoms with van der Waals surface area (Å²) in [5.41, 5.74) is 5.11. The third-order valence-corrected chi connectivity index (χ3v) is 1.67. The molecule has 0 aliphatic rings. The van der Waals surface area contributed by atoms with E-state index in [2.05, 4.69) is 4.74 Å². The minimum atomic E-state index is -1.54. The summed E-state index contributed by atoms with van der Waals surface area (Å²) in [4.78, 5) is 0. The van der Waals surface area contributed by atoms with E-state index in [0.29, 0.717) is 6.42 Å². The van der Waals surface area contributed by atoms with Gasteiger partial charge in [0.1, 0.15) is 0 Å². The molecule has 1 rings (SSSR count). The van der Waals surface area contributed by atoms with Crippen LogP contribution >= 0.6 is 0 Å². The van der Waals surface area contributed by atoms with E-state index in [-0.39, 0.29) is 19.2 Å². The van der Waals surface area contributed by atoms with Gasteiger partial charge in [-0.1, -0.05) is 0 Å². The third-order valence-electron chi connectivity index (χ3n) is 1.67. The lowest BCUT2D eigenvalue weighted by Crippen LogP contribution is -2.09. The maximum Gasteiger partial charge on any atom is 0.203 e. The monoisotopic (exact) mass is 223 g/mol. The number of hydrogen-bond donors (Lipinski definition) is 1. The molecule has 0 bridgehead atoms. The van der Waals surface area contributed by atoms with Crippen LogP contribution in [0.2, 0.25) is 0 Å². The van der Waals surface area contributed by atoms with Crippen molar-refractivity contribution >= 4 is 0 Å². The molecule has 15 heavy (non-hydrogen) atoms. The molecule has 0 aliphatic carbocycles. The Hall–Kier alpha value is -1.30. The van der Waals surface area contributed by atoms with Crippen molar-refractivity contribution in [3.05, 3.63) is 29.3 Å². The molecule has 1 aromatic carbocycles. The van der Waals surface area contributed by atoms with E-state index >= 15 is 0 Å². The van der Waals surface area contributed by atoms with Gasteiger partial charge in [0.25, 0.3) is 0 Å². The van der Waals surface area contributed by atoms with Crippen molar-refractivity contribution < 1.29 is 22.3 Å². The second-order valence-electron chi connectivity index (χ2n) is 2.79. The molecule has 2 N–H and O–H groups in total. The van der Waals surface area contributed by atoms with Crippen LogP contribution in [-0.4, -0.2) is 13.2 Å². The molecule has 0 saturated heterocycles. The zero-order valence-corrected chi connectivity index (χ0v) is 7.70. The Labute approximate surface area is 83.6 Å². The maximum atomic E-state index is 12.9. The SMILES string of the molecule is NCCCOc1c(F)c(F)cc(F)c1F. The Balaban J connectivity index is 2.94. The molecule has 0 saturated carbocycles. The second kappa shape index (κ2) is 4.97. The summed E-state index contributed by atoms with van der Waals surface area (Å²) in [5, 5.41) is 0. The predicted octanol–water partition coefficient (Wildman–Crippen LogP) is 1.97. The summed E-state index contributed by atoms with van der Waals surface area (Å²) in [5.74, 6) is -7.09. The van der Waals surface area contributed by atoms with Crippen molar-refractivity contribution in [3.63, 3.8) is 0 Å². The molecule has 0 fully saturated rings. The van der Waals surface area contributed by atoms with Crippen molar-refractivity contribution in [1.82, 2.24) is 0 Å². The first kappa shape index (κ1) is 11.8. The van der Waals surface area contributed by atoms with E-state index in [1.807, 2.05) is 0 Å². The summed E-state index contributed by atoms with van der Waals surface area (Å²) in [7, 11) is 0. The summed E-state index contributed by atoms with van der Waals surface area (Å²) >= 11 is 0. The highest BCUT2D eigenvalue weighted by Crippen LogP contribution is 2.26. The van der Waals surface area contributed by atoms with Gasteiger partial charge < -0.3 is 10.5 Å². The number of benzene rings is 1. The normalized spacial score (nSPS) is 10.5. The Bertz CT molecular complexity index is 330. The van der Waals surface area contributed by atoms with Gasteiger partial charge >= 0.3 is 0 Å². The van der Waals surface area contributed by atoms with Gasteiger partial charge in [0, 0.05) is 6.07 Å². The molecule has 84 valence electrons. The molecule has 0 amide bonds. The Morgan fingerprint density at radius 1 is 1.07 bits per heavy atom. The standard InChI is InChI=1S/C9H9F4NO/c10-5-4-6(11)8(13)9(7(5)12)15-3-1-2-14/h4H,1-3,14H2. The first-order valence-corrected chi connectivity index (χ1v) is 4.23. The lowest BCUT2D eigenvalue weighted by molar-refractivity contribution is 0.269. The zero-order chi connectivity index (χ0) is 11.4. The number of ether oxygens (including phenoxy) is 1. The first-order chi connectivity index (χ1) is 7.07. The maximum absolute atomic E-state index is 12.9. The average Bonchev–Trinajstić information content (AvgIpc) is 2.20. The molecular formula is C9H9F4NO. The number of nitrogens with two attached hydrogens (primary N) is 1. The molecule has 1 aromatic rings. The van der Waals surface area contributed by atoms with Crippen LogP contribution in [0.3, 0.4) is 0 Å². The fourth-order valence-electron chi connectivity index (χ4n) is 0.936. The third kappa shape index (κ3) is 2.59. The van der Waals surface area contributed by atoms with Crippen LogP contribution in [0.1, 0.15) is 6.42 Å². The van der Waals surface area contributed by atoms with Crippen LogP contribution < -0.4 is 10.5 Å². The van der Waals surface area contributed by atoms with E-state index < -0.39 is 29.0 Å². The van der Waals surface area contributed by atoms with Crippen molar-refractivity contribution in [1.29, 1.82) is 0 Å². The van der Waals surface area contributed by atoms with Crippen LogP contribution in [0.25, 0.3) is 0 Å². The lowest BCUT2D eigenvalue weighted by Gasteiger charge is -2.08. The number of halogens is 4. The van der Waals surface area contributed by atoms with Crippen molar-refractivity contribution in [2.24, 2.45) is 5.73 Å². The molecule has 0 unspecified atom stereocenters. The zero-order valence-electron chi connectivity index (χ0n) is 7.70. The number of rotatable bonds is 4. The molecule has 0 radical (unpaired) electrons. The highest BCUT2D eigenvalue weighted by Gasteiger charge is 2.20. The Kier molecular flexibility index (Phi) is 3.90. The summed E-state index contributed by atoms with van der Waals surface area (Å²) in [6, 6.07) is 0.125. The van der Waals surface area contributed by atoms with Gasteiger partial charge in [-0.3, -0.25) is 0 Å². The van der Waals surface area contributed by atoms with Gasteiger partial charge in [0.2, 0.25) is 11.6 Å². The summed E-state index contributed by atoms with van der Waals surface area (Å²) in [6.45, 7) is 0.147. The number of hydrogen-bond acceptors (Lipinski definition) is 2. The molecule has 2 nitrogen and oxygen atoms in total. The minimum absolute atomic E-state index is 0.104. The van der Waals surface area contributed by atoms with E-state index in [1.165, 1.54) is 0 Å². The second-order valence-corrected chi connectivity index (χ2v) is 2.79. The van der Waals surface area contributed by atoms with Gasteiger partial charge in [-0.25, -0.2) is 8.78 Å². The van der Waals surface area contributed by atoms with Crippen LogP contribution in [0.4, 0.5) is 17.6 Å². The van der Waals surface area contributed by atoms with Crippen LogP contribution in [0.5, 0.6) is 5.75 Å². The molecule has 6 heteroatoms. The highest BCUT2D eigenvalue weighted by molar-refractivity contribution is 5.28. The highest BCUT2D eigenvalue weighted by atomic mass is 19.2. The Morgan fingerprint density at radius 3 is 2.07 bits per heavy atom. The van der Waals surface area contributed by atoms with Gasteiger partial charge in [-0.05, 0) is 13.0 Å². The molecule has 0 heterocycles. The van der Waals surface area contributed by atoms with Gasteiger partial charge in [-0.2, -0.15) is 8.78 Å². The van der Waals surface area contributed by atoms with E-state index in [1.54, 1.807) is 0 Å². The largest absolute Gasteiger partial charge is 0.487 e. The van der Waals surface area contributed by atoms with Crippen LogP contribution in [0, 0.1) is 23.3 Å². The van der Waals surface area contributed by atoms with E-state index in [9.17, 15) is 17.6 Å². The molecular weight excluding hydrogens is 214 g/mol. The van der Waals surface area contributed by atoms with Crippen molar-refractivity contribution in [2.45, 2.75) is 6.42 Å². The quantitative estimate of drug-likeness (QED) is 0.481. The van der Waals surface area contributed by atoms with Gasteiger partial charge in [0.15, 0.2) is 17.4 Å². The Morgan fingerprint density at radius 2 is 1.60 bits per heavy atom. The fourth-order valence-corrected chi connectivity index (χ4v) is 0.936. The lowest BCUT2D eigenvalue weighted by atomic mass is 10.3. The van der Waals surface area contributed by atoms with E-state index in [0.717, 1.165) is 0 Å². The predicted molar refractivity (Wildman–Crippen MR) is 45.4 cm³/mol. The van der Waals surface area contributed by atoms with E-state index in [4.69, 9.17) is 5.73 Å². The average molecular weight is 223 g/mol. The molecule has 0 aromatic heterocycles. The van der Waals surface area contributed by atoms with Gasteiger partial charge in [-0.15, -0.1) is 0 Å². The van der Waals surface area contributed by atoms with Gasteiger partial charge in [0.05, 0.1) is 6.61 Å². The smallest absolute Gasteiger partial charge is 0.203 e.